The first-order valence-corrected chi connectivity index (χ1v) is 10.0. The van der Waals surface area contributed by atoms with E-state index < -0.39 is 0 Å². The number of benzene rings is 2. The topological polar surface area (TPSA) is 50.4 Å². The minimum absolute atomic E-state index is 0.0308. The summed E-state index contributed by atoms with van der Waals surface area (Å²) >= 11 is 5.50. The first-order valence-electron chi connectivity index (χ1n) is 9.63. The quantitative estimate of drug-likeness (QED) is 0.495. The summed E-state index contributed by atoms with van der Waals surface area (Å²) in [5.41, 5.74) is 3.66. The van der Waals surface area contributed by atoms with Gasteiger partial charge in [-0.2, -0.15) is 0 Å². The van der Waals surface area contributed by atoms with Crippen LogP contribution >= 0.6 is 12.2 Å². The molecule has 0 amide bonds. The molecule has 0 spiro atoms. The summed E-state index contributed by atoms with van der Waals surface area (Å²) < 4.78 is 5.07. The maximum absolute atomic E-state index is 12.0. The zero-order valence-electron chi connectivity index (χ0n) is 17.3. The van der Waals surface area contributed by atoms with E-state index in [9.17, 15) is 4.79 Å². The highest BCUT2D eigenvalue weighted by atomic mass is 32.1. The molecule has 2 N–H and O–H groups in total. The summed E-state index contributed by atoms with van der Waals surface area (Å²) in [7, 11) is 0. The monoisotopic (exact) mass is 398 g/mol. The van der Waals surface area contributed by atoms with Crippen molar-refractivity contribution in [2.24, 2.45) is 0 Å². The molecule has 2 aromatic carbocycles. The van der Waals surface area contributed by atoms with Gasteiger partial charge in [0.15, 0.2) is 5.11 Å². The van der Waals surface area contributed by atoms with Crippen molar-refractivity contribution < 1.29 is 9.53 Å². The standard InChI is InChI=1S/C23H30N2O2S/c1-6-27-21(26)18-13-12-16(2)20(14-18)25-22(28)24-17(3)15-23(4,5)19-10-8-7-9-11-19/h7-14,17H,6,15H2,1-5H3,(H2,24,25,28)/t17-/m0/s1. The van der Waals surface area contributed by atoms with Gasteiger partial charge in [-0.05, 0) is 68.1 Å². The largest absolute Gasteiger partial charge is 0.462 e. The predicted octanol–water partition coefficient (Wildman–Crippen LogP) is 5.21. The number of carbonyl (C=O) groups is 1. The van der Waals surface area contributed by atoms with Crippen LogP contribution in [0.4, 0.5) is 5.69 Å². The molecule has 0 saturated heterocycles. The normalized spacial score (nSPS) is 12.2. The minimum Gasteiger partial charge on any atom is -0.462 e. The summed E-state index contributed by atoms with van der Waals surface area (Å²) in [6.45, 7) is 10.7. The molecule has 0 aliphatic carbocycles. The lowest BCUT2D eigenvalue weighted by molar-refractivity contribution is 0.0526. The van der Waals surface area contributed by atoms with Gasteiger partial charge in [0.2, 0.25) is 0 Å². The fraction of sp³-hybridized carbons (Fsp3) is 0.391. The molecule has 4 nitrogen and oxygen atoms in total. The van der Waals surface area contributed by atoms with E-state index in [4.69, 9.17) is 17.0 Å². The molecule has 5 heteroatoms. The van der Waals surface area contributed by atoms with Gasteiger partial charge < -0.3 is 15.4 Å². The number of aryl methyl sites for hydroxylation is 1. The van der Waals surface area contributed by atoms with E-state index in [2.05, 4.69) is 55.7 Å². The second-order valence-electron chi connectivity index (χ2n) is 7.70. The second-order valence-corrected chi connectivity index (χ2v) is 8.11. The maximum Gasteiger partial charge on any atom is 0.338 e. The van der Waals surface area contributed by atoms with Crippen LogP contribution in [0.1, 0.15) is 55.6 Å². The van der Waals surface area contributed by atoms with E-state index >= 15 is 0 Å². The third kappa shape index (κ3) is 6.06. The van der Waals surface area contributed by atoms with Crippen LogP contribution < -0.4 is 10.6 Å². The molecule has 0 unspecified atom stereocenters. The van der Waals surface area contributed by atoms with Gasteiger partial charge in [0.25, 0.3) is 0 Å². The van der Waals surface area contributed by atoms with Crippen molar-refractivity contribution in [1.29, 1.82) is 0 Å². The molecule has 0 bridgehead atoms. The maximum atomic E-state index is 12.0. The lowest BCUT2D eigenvalue weighted by atomic mass is 9.79. The van der Waals surface area contributed by atoms with Gasteiger partial charge in [-0.3, -0.25) is 0 Å². The number of rotatable bonds is 7. The summed E-state index contributed by atoms with van der Waals surface area (Å²) in [4.78, 5) is 12.0. The van der Waals surface area contributed by atoms with Crippen molar-refractivity contribution >= 4 is 29.0 Å². The van der Waals surface area contributed by atoms with Gasteiger partial charge in [0.1, 0.15) is 0 Å². The van der Waals surface area contributed by atoms with Crippen LogP contribution in [0.2, 0.25) is 0 Å². The average Bonchev–Trinajstić information content (AvgIpc) is 2.63. The Hall–Kier alpha value is -2.40. The molecule has 0 aliphatic heterocycles. The van der Waals surface area contributed by atoms with Crippen LogP contribution in [0, 0.1) is 6.92 Å². The summed E-state index contributed by atoms with van der Waals surface area (Å²) in [6, 6.07) is 16.1. The molecule has 0 radical (unpaired) electrons. The van der Waals surface area contributed by atoms with Gasteiger partial charge >= 0.3 is 5.97 Å². The van der Waals surface area contributed by atoms with Crippen molar-refractivity contribution in [2.75, 3.05) is 11.9 Å². The highest BCUT2D eigenvalue weighted by Crippen LogP contribution is 2.28. The minimum atomic E-state index is -0.331. The number of esters is 1. The van der Waals surface area contributed by atoms with Gasteiger partial charge in [0, 0.05) is 11.7 Å². The summed E-state index contributed by atoms with van der Waals surface area (Å²) in [5, 5.41) is 7.12. The van der Waals surface area contributed by atoms with Crippen LogP contribution in [0.15, 0.2) is 48.5 Å². The molecular formula is C23H30N2O2S. The zero-order chi connectivity index (χ0) is 20.7. The fourth-order valence-corrected chi connectivity index (χ4v) is 3.62. The Bertz CT molecular complexity index is 819. The average molecular weight is 399 g/mol. The Labute approximate surface area is 173 Å². The first kappa shape index (κ1) is 21.9. The highest BCUT2D eigenvalue weighted by molar-refractivity contribution is 7.80. The van der Waals surface area contributed by atoms with Crippen molar-refractivity contribution in [2.45, 2.75) is 52.5 Å². The predicted molar refractivity (Wildman–Crippen MR) is 120 cm³/mol. The van der Waals surface area contributed by atoms with Crippen LogP contribution in [0.3, 0.4) is 0 Å². The van der Waals surface area contributed by atoms with Crippen molar-refractivity contribution in [3.05, 3.63) is 65.2 Å². The smallest absolute Gasteiger partial charge is 0.338 e. The third-order valence-electron chi connectivity index (χ3n) is 4.75. The molecule has 0 aromatic heterocycles. The first-order chi connectivity index (χ1) is 13.2. The summed E-state index contributed by atoms with van der Waals surface area (Å²) in [6.07, 6.45) is 0.931. The number of ether oxygens (including phenoxy) is 1. The van der Waals surface area contributed by atoms with E-state index in [1.54, 1.807) is 19.1 Å². The van der Waals surface area contributed by atoms with E-state index in [0.717, 1.165) is 17.7 Å². The van der Waals surface area contributed by atoms with Gasteiger partial charge in [-0.25, -0.2) is 4.79 Å². The number of nitrogens with one attached hydrogen (secondary N) is 2. The number of hydrogen-bond donors (Lipinski definition) is 2. The molecule has 1 atom stereocenters. The number of anilines is 1. The molecule has 28 heavy (non-hydrogen) atoms. The summed E-state index contributed by atoms with van der Waals surface area (Å²) in [5.74, 6) is -0.331. The Morgan fingerprint density at radius 2 is 1.86 bits per heavy atom. The lowest BCUT2D eigenvalue weighted by Crippen LogP contribution is -2.39. The molecule has 0 aliphatic rings. The zero-order valence-corrected chi connectivity index (χ0v) is 18.2. The molecule has 0 heterocycles. The van der Waals surface area contributed by atoms with E-state index in [1.165, 1.54) is 5.56 Å². The van der Waals surface area contributed by atoms with Gasteiger partial charge in [-0.1, -0.05) is 50.2 Å². The van der Waals surface area contributed by atoms with Crippen LogP contribution in [0.25, 0.3) is 0 Å². The van der Waals surface area contributed by atoms with Gasteiger partial charge in [0.05, 0.1) is 12.2 Å². The molecule has 2 aromatic rings. The van der Waals surface area contributed by atoms with Crippen molar-refractivity contribution in [3.8, 4) is 0 Å². The van der Waals surface area contributed by atoms with Gasteiger partial charge in [-0.15, -0.1) is 0 Å². The molecule has 2 rings (SSSR count). The molecular weight excluding hydrogens is 368 g/mol. The third-order valence-corrected chi connectivity index (χ3v) is 4.97. The number of hydrogen-bond acceptors (Lipinski definition) is 3. The Morgan fingerprint density at radius 3 is 2.50 bits per heavy atom. The van der Waals surface area contributed by atoms with Crippen molar-refractivity contribution in [1.82, 2.24) is 5.32 Å². The second kappa shape index (κ2) is 9.69. The molecule has 0 saturated carbocycles. The Balaban J connectivity index is 2.00. The van der Waals surface area contributed by atoms with Crippen LogP contribution in [0.5, 0.6) is 0 Å². The van der Waals surface area contributed by atoms with Crippen LogP contribution in [-0.2, 0) is 10.2 Å². The fourth-order valence-electron chi connectivity index (χ4n) is 3.30. The van der Waals surface area contributed by atoms with E-state index in [0.29, 0.717) is 17.3 Å². The SMILES string of the molecule is CCOC(=O)c1ccc(C)c(NC(=S)N[C@@H](C)CC(C)(C)c2ccccc2)c1. The van der Waals surface area contributed by atoms with E-state index in [-0.39, 0.29) is 17.4 Å². The molecule has 0 fully saturated rings. The van der Waals surface area contributed by atoms with Crippen LogP contribution in [-0.4, -0.2) is 23.7 Å². The highest BCUT2D eigenvalue weighted by Gasteiger charge is 2.23. The Kier molecular flexibility index (Phi) is 7.58. The van der Waals surface area contributed by atoms with Crippen molar-refractivity contribution in [3.63, 3.8) is 0 Å². The lowest BCUT2D eigenvalue weighted by Gasteiger charge is -2.30. The Morgan fingerprint density at radius 1 is 1.18 bits per heavy atom. The number of carbonyl (C=O) groups excluding carboxylic acids is 1. The molecule has 150 valence electrons. The van der Waals surface area contributed by atoms with E-state index in [1.807, 2.05) is 19.1 Å². The number of thiocarbonyl (C=S) groups is 1.